The highest BCUT2D eigenvalue weighted by Gasteiger charge is 2.41. The predicted molar refractivity (Wildman–Crippen MR) is 125 cm³/mol. The van der Waals surface area contributed by atoms with Crippen LogP contribution in [0.1, 0.15) is 47.4 Å². The van der Waals surface area contributed by atoms with Crippen LogP contribution in [0.3, 0.4) is 0 Å². The minimum atomic E-state index is -0.643. The lowest BCUT2D eigenvalue weighted by molar-refractivity contribution is -0.134. The number of carbonyl (C=O) groups excluding carboxylic acids is 3. The van der Waals surface area contributed by atoms with Crippen LogP contribution >= 0.6 is 0 Å². The molecule has 2 heterocycles. The Bertz CT molecular complexity index is 914. The van der Waals surface area contributed by atoms with Crippen molar-refractivity contribution in [2.24, 2.45) is 5.92 Å². The Morgan fingerprint density at radius 2 is 1.91 bits per heavy atom. The van der Waals surface area contributed by atoms with Gasteiger partial charge in [0.25, 0.3) is 11.8 Å². The molecular weight excluding hydrogens is 406 g/mol. The number of benzene rings is 1. The van der Waals surface area contributed by atoms with Crippen molar-refractivity contribution in [1.29, 1.82) is 0 Å². The van der Waals surface area contributed by atoms with Crippen LogP contribution in [0, 0.1) is 5.92 Å². The van der Waals surface area contributed by atoms with Gasteiger partial charge in [0, 0.05) is 33.3 Å². The summed E-state index contributed by atoms with van der Waals surface area (Å²) >= 11 is 0. The molecule has 1 fully saturated rings. The van der Waals surface area contributed by atoms with Crippen molar-refractivity contribution >= 4 is 23.4 Å². The number of piperidine rings is 1. The summed E-state index contributed by atoms with van der Waals surface area (Å²) in [6.45, 7) is 13.5. The van der Waals surface area contributed by atoms with Gasteiger partial charge in [0.2, 0.25) is 5.91 Å². The highest BCUT2D eigenvalue weighted by molar-refractivity contribution is 6.23. The van der Waals surface area contributed by atoms with Crippen LogP contribution in [-0.2, 0) is 9.53 Å². The van der Waals surface area contributed by atoms with Crippen molar-refractivity contribution in [3.05, 3.63) is 54.6 Å². The van der Waals surface area contributed by atoms with Gasteiger partial charge in [-0.2, -0.15) is 0 Å². The van der Waals surface area contributed by atoms with E-state index in [4.69, 9.17) is 4.74 Å². The van der Waals surface area contributed by atoms with E-state index in [1.54, 1.807) is 36.3 Å². The molecule has 0 saturated carbocycles. The van der Waals surface area contributed by atoms with E-state index < -0.39 is 5.60 Å². The second kappa shape index (κ2) is 9.69. The van der Waals surface area contributed by atoms with Crippen LogP contribution in [0.5, 0.6) is 0 Å². The van der Waals surface area contributed by atoms with Crippen molar-refractivity contribution in [3.8, 4) is 0 Å². The van der Waals surface area contributed by atoms with Crippen molar-refractivity contribution in [2.45, 2.75) is 32.3 Å². The predicted octanol–water partition coefficient (Wildman–Crippen LogP) is 3.12. The number of fused-ring (bicyclic) bond motifs is 1. The lowest BCUT2D eigenvalue weighted by atomic mass is 9.94. The summed E-state index contributed by atoms with van der Waals surface area (Å²) in [4.78, 5) is 44.5. The van der Waals surface area contributed by atoms with Crippen molar-refractivity contribution in [2.75, 3.05) is 44.7 Å². The largest absolute Gasteiger partial charge is 0.377 e. The van der Waals surface area contributed by atoms with Crippen LogP contribution in [0.15, 0.2) is 43.5 Å². The normalized spacial score (nSPS) is 18.5. The average Bonchev–Trinajstić information content (AvgIpc) is 3.03. The summed E-state index contributed by atoms with van der Waals surface area (Å²) in [7, 11) is 1.57. The van der Waals surface area contributed by atoms with E-state index >= 15 is 0 Å². The molecule has 3 amide bonds. The molecule has 7 nitrogen and oxygen atoms in total. The second-order valence-electron chi connectivity index (χ2n) is 8.97. The molecule has 1 aromatic carbocycles. The van der Waals surface area contributed by atoms with Gasteiger partial charge in [-0.15, -0.1) is 13.2 Å². The van der Waals surface area contributed by atoms with Crippen LogP contribution < -0.4 is 4.90 Å². The highest BCUT2D eigenvalue weighted by Crippen LogP contribution is 2.35. The van der Waals surface area contributed by atoms with E-state index in [0.717, 1.165) is 25.1 Å². The van der Waals surface area contributed by atoms with E-state index in [1.807, 2.05) is 19.9 Å². The first-order valence-corrected chi connectivity index (χ1v) is 11.0. The van der Waals surface area contributed by atoms with Crippen molar-refractivity contribution in [3.63, 3.8) is 0 Å². The van der Waals surface area contributed by atoms with Gasteiger partial charge in [0.15, 0.2) is 0 Å². The molecule has 2 aliphatic rings. The fourth-order valence-electron chi connectivity index (χ4n) is 4.39. The number of carbonyl (C=O) groups is 3. The van der Waals surface area contributed by atoms with Crippen molar-refractivity contribution < 1.29 is 19.1 Å². The first-order valence-electron chi connectivity index (χ1n) is 11.0. The standard InChI is InChI=1S/C25H33N3O4/c1-6-13-26(14-7-2)22(29)18-10-9-15-27(16-18)20-12-8-11-19-21(20)24(31)28(23(19)30)17-25(3,4)32-5/h6-8,11-12,18H,1-2,9-10,13-17H2,3-5H3. The van der Waals surface area contributed by atoms with E-state index in [0.29, 0.717) is 30.8 Å². The van der Waals surface area contributed by atoms with Crippen LogP contribution in [-0.4, -0.2) is 73.0 Å². The number of anilines is 1. The fraction of sp³-hybridized carbons (Fsp3) is 0.480. The Balaban J connectivity index is 1.86. The Labute approximate surface area is 190 Å². The zero-order valence-electron chi connectivity index (χ0n) is 19.3. The zero-order chi connectivity index (χ0) is 23.5. The highest BCUT2D eigenvalue weighted by atomic mass is 16.5. The summed E-state index contributed by atoms with van der Waals surface area (Å²) in [5.41, 5.74) is 0.907. The third kappa shape index (κ3) is 4.63. The molecule has 1 saturated heterocycles. The van der Waals surface area contributed by atoms with Crippen LogP contribution in [0.25, 0.3) is 0 Å². The molecule has 1 aromatic rings. The molecule has 1 atom stereocenters. The average molecular weight is 440 g/mol. The van der Waals surface area contributed by atoms with Gasteiger partial charge in [-0.3, -0.25) is 19.3 Å². The van der Waals surface area contributed by atoms with Gasteiger partial charge < -0.3 is 14.5 Å². The summed E-state index contributed by atoms with van der Waals surface area (Å²) in [5.74, 6) is -0.730. The Kier molecular flexibility index (Phi) is 7.19. The van der Waals surface area contributed by atoms with E-state index in [9.17, 15) is 14.4 Å². The minimum absolute atomic E-state index is 0.0629. The van der Waals surface area contributed by atoms with Crippen LogP contribution in [0.4, 0.5) is 5.69 Å². The van der Waals surface area contributed by atoms with Gasteiger partial charge >= 0.3 is 0 Å². The molecule has 2 aliphatic heterocycles. The molecule has 0 bridgehead atoms. The maximum atomic E-state index is 13.3. The van der Waals surface area contributed by atoms with Gasteiger partial charge in [0.1, 0.15) is 0 Å². The SMILES string of the molecule is C=CCN(CC=C)C(=O)C1CCCN(c2cccc3c2C(=O)N(CC(C)(C)OC)C3=O)C1. The maximum Gasteiger partial charge on any atom is 0.263 e. The van der Waals surface area contributed by atoms with Gasteiger partial charge in [-0.1, -0.05) is 18.2 Å². The minimum Gasteiger partial charge on any atom is -0.377 e. The molecule has 0 aliphatic carbocycles. The van der Waals surface area contributed by atoms with Gasteiger partial charge in [0.05, 0.1) is 34.9 Å². The third-order valence-corrected chi connectivity index (χ3v) is 6.19. The number of hydrogen-bond donors (Lipinski definition) is 0. The molecule has 7 heteroatoms. The smallest absolute Gasteiger partial charge is 0.263 e. The van der Waals surface area contributed by atoms with E-state index in [2.05, 4.69) is 18.1 Å². The number of amides is 3. The van der Waals surface area contributed by atoms with Crippen LogP contribution in [0.2, 0.25) is 0 Å². The number of nitrogens with zero attached hydrogens (tertiary/aromatic N) is 3. The number of hydrogen-bond acceptors (Lipinski definition) is 5. The molecule has 3 rings (SSSR count). The van der Waals surface area contributed by atoms with Gasteiger partial charge in [-0.25, -0.2) is 0 Å². The van der Waals surface area contributed by atoms with E-state index in [-0.39, 0.29) is 30.2 Å². The Morgan fingerprint density at radius 1 is 1.22 bits per heavy atom. The Morgan fingerprint density at radius 3 is 2.53 bits per heavy atom. The number of ether oxygens (including phenoxy) is 1. The molecule has 172 valence electrons. The first-order chi connectivity index (χ1) is 15.2. The van der Waals surface area contributed by atoms with Crippen molar-refractivity contribution in [1.82, 2.24) is 9.80 Å². The first kappa shape index (κ1) is 23.7. The second-order valence-corrected chi connectivity index (χ2v) is 8.97. The number of methoxy groups -OCH3 is 1. The lowest BCUT2D eigenvalue weighted by Gasteiger charge is -2.36. The summed E-state index contributed by atoms with van der Waals surface area (Å²) < 4.78 is 5.43. The summed E-state index contributed by atoms with van der Waals surface area (Å²) in [6, 6.07) is 5.37. The monoisotopic (exact) mass is 439 g/mol. The third-order valence-electron chi connectivity index (χ3n) is 6.19. The molecule has 1 unspecified atom stereocenters. The number of imide groups is 1. The topological polar surface area (TPSA) is 70.2 Å². The lowest BCUT2D eigenvalue weighted by Crippen LogP contribution is -2.45. The fourth-order valence-corrected chi connectivity index (χ4v) is 4.39. The Hall–Kier alpha value is -2.93. The summed E-state index contributed by atoms with van der Waals surface area (Å²) in [5, 5.41) is 0. The molecule has 0 radical (unpaired) electrons. The quantitative estimate of drug-likeness (QED) is 0.437. The van der Waals surface area contributed by atoms with Gasteiger partial charge in [-0.05, 0) is 38.8 Å². The number of rotatable bonds is 9. The molecule has 32 heavy (non-hydrogen) atoms. The summed E-state index contributed by atoms with van der Waals surface area (Å²) in [6.07, 6.45) is 5.05. The zero-order valence-corrected chi connectivity index (χ0v) is 19.3. The maximum absolute atomic E-state index is 13.3. The molecule has 0 N–H and O–H groups in total. The molecular formula is C25H33N3O4. The molecule has 0 aromatic heterocycles. The van der Waals surface area contributed by atoms with E-state index in [1.165, 1.54) is 4.90 Å². The molecule has 0 spiro atoms.